The molecule has 1 aromatic rings. The SMILES string of the molecule is CC(=O)NC1=C(NCC2CCNCC2)C=C(Nc2cnc(C#N)cn2)NC1. The second-order valence-corrected chi connectivity index (χ2v) is 6.58. The van der Waals surface area contributed by atoms with Crippen molar-refractivity contribution >= 4 is 11.7 Å². The van der Waals surface area contributed by atoms with Crippen LogP contribution in [0.3, 0.4) is 0 Å². The van der Waals surface area contributed by atoms with E-state index in [1.807, 2.05) is 12.1 Å². The Hall–Kier alpha value is -3.12. The molecule has 9 heteroatoms. The van der Waals surface area contributed by atoms with Crippen LogP contribution in [-0.4, -0.2) is 42.1 Å². The number of nitrogens with zero attached hydrogens (tertiary/aromatic N) is 3. The van der Waals surface area contributed by atoms with Gasteiger partial charge in [-0.15, -0.1) is 0 Å². The predicted molar refractivity (Wildman–Crippen MR) is 101 cm³/mol. The van der Waals surface area contributed by atoms with Gasteiger partial charge in [0.2, 0.25) is 5.91 Å². The number of nitriles is 1. The summed E-state index contributed by atoms with van der Waals surface area (Å²) < 4.78 is 0. The van der Waals surface area contributed by atoms with Crippen LogP contribution in [0.15, 0.2) is 35.7 Å². The van der Waals surface area contributed by atoms with Gasteiger partial charge in [0.15, 0.2) is 5.69 Å². The van der Waals surface area contributed by atoms with E-state index < -0.39 is 0 Å². The van der Waals surface area contributed by atoms with Gasteiger partial charge in [-0.2, -0.15) is 5.26 Å². The van der Waals surface area contributed by atoms with Crippen LogP contribution in [-0.2, 0) is 4.79 Å². The van der Waals surface area contributed by atoms with Crippen LogP contribution in [0.5, 0.6) is 0 Å². The summed E-state index contributed by atoms with van der Waals surface area (Å²) in [7, 11) is 0. The molecule has 9 nitrogen and oxygen atoms in total. The lowest BCUT2D eigenvalue weighted by Gasteiger charge is -2.27. The first-order chi connectivity index (χ1) is 13.1. The van der Waals surface area contributed by atoms with Crippen molar-refractivity contribution in [3.63, 3.8) is 0 Å². The molecule has 0 aromatic carbocycles. The van der Waals surface area contributed by atoms with E-state index in [1.165, 1.54) is 19.3 Å². The molecule has 3 rings (SSSR count). The molecule has 2 aliphatic heterocycles. The van der Waals surface area contributed by atoms with E-state index in [4.69, 9.17) is 5.26 Å². The topological polar surface area (TPSA) is 127 Å². The fourth-order valence-corrected chi connectivity index (χ4v) is 3.05. The third kappa shape index (κ3) is 5.43. The summed E-state index contributed by atoms with van der Waals surface area (Å²) in [4.78, 5) is 19.7. The third-order valence-corrected chi connectivity index (χ3v) is 4.47. The lowest BCUT2D eigenvalue weighted by molar-refractivity contribution is -0.118. The molecule has 0 saturated carbocycles. The highest BCUT2D eigenvalue weighted by Gasteiger charge is 2.17. The number of anilines is 1. The third-order valence-electron chi connectivity index (χ3n) is 4.47. The molecule has 0 unspecified atom stereocenters. The fourth-order valence-electron chi connectivity index (χ4n) is 3.05. The number of hydrogen-bond acceptors (Lipinski definition) is 8. The molecule has 1 amide bonds. The predicted octanol–water partition coefficient (Wildman–Crippen LogP) is 0.142. The molecule has 0 bridgehead atoms. The Balaban J connectivity index is 1.70. The van der Waals surface area contributed by atoms with Crippen molar-refractivity contribution < 1.29 is 4.79 Å². The first-order valence-corrected chi connectivity index (χ1v) is 9.04. The molecule has 27 heavy (non-hydrogen) atoms. The second-order valence-electron chi connectivity index (χ2n) is 6.58. The first-order valence-electron chi connectivity index (χ1n) is 9.04. The number of piperidine rings is 1. The number of nitrogens with one attached hydrogen (secondary N) is 5. The number of carbonyl (C=O) groups is 1. The monoisotopic (exact) mass is 368 g/mol. The number of aromatic nitrogens is 2. The van der Waals surface area contributed by atoms with Crippen LogP contribution >= 0.6 is 0 Å². The molecule has 1 fully saturated rings. The van der Waals surface area contributed by atoms with Gasteiger partial charge in [0.05, 0.1) is 30.3 Å². The molecule has 2 aliphatic rings. The van der Waals surface area contributed by atoms with Crippen LogP contribution < -0.4 is 26.6 Å². The summed E-state index contributed by atoms with van der Waals surface area (Å²) in [5, 5.41) is 24.9. The normalized spacial score (nSPS) is 17.4. The van der Waals surface area contributed by atoms with Gasteiger partial charge in [-0.25, -0.2) is 9.97 Å². The zero-order valence-corrected chi connectivity index (χ0v) is 15.3. The lowest BCUT2D eigenvalue weighted by atomic mass is 9.98. The zero-order chi connectivity index (χ0) is 19.1. The molecule has 0 atom stereocenters. The molecular weight excluding hydrogens is 344 g/mol. The highest BCUT2D eigenvalue weighted by atomic mass is 16.1. The summed E-state index contributed by atoms with van der Waals surface area (Å²) >= 11 is 0. The minimum absolute atomic E-state index is 0.101. The maximum absolute atomic E-state index is 11.5. The van der Waals surface area contributed by atoms with Crippen molar-refractivity contribution in [3.05, 3.63) is 41.4 Å². The van der Waals surface area contributed by atoms with E-state index in [-0.39, 0.29) is 11.6 Å². The number of allylic oxidation sites excluding steroid dienone is 1. The standard InChI is InChI=1S/C18H24N8O/c1-12(27)25-16-10-24-17(26-18-11-21-14(7-19)9-23-18)6-15(16)22-8-13-2-4-20-5-3-13/h6,9,11,13,20,22,24H,2-5,8,10H2,1H3,(H,23,26)(H,25,27). The van der Waals surface area contributed by atoms with E-state index in [0.29, 0.717) is 18.3 Å². The Morgan fingerprint density at radius 1 is 1.33 bits per heavy atom. The van der Waals surface area contributed by atoms with Crippen molar-refractivity contribution in [1.29, 1.82) is 5.26 Å². The number of carbonyl (C=O) groups excluding carboxylic acids is 1. The van der Waals surface area contributed by atoms with Gasteiger partial charge < -0.3 is 26.6 Å². The van der Waals surface area contributed by atoms with Crippen molar-refractivity contribution in [2.75, 3.05) is 31.5 Å². The highest BCUT2D eigenvalue weighted by Crippen LogP contribution is 2.15. The van der Waals surface area contributed by atoms with Crippen LogP contribution in [0.4, 0.5) is 5.82 Å². The minimum atomic E-state index is -0.101. The number of dihydropyridines is 1. The maximum atomic E-state index is 11.5. The Bertz CT molecular complexity index is 772. The van der Waals surface area contributed by atoms with E-state index in [9.17, 15) is 4.79 Å². The Kier molecular flexibility index (Phi) is 6.22. The Labute approximate surface area is 158 Å². The van der Waals surface area contributed by atoms with Crippen LogP contribution in [0.1, 0.15) is 25.5 Å². The smallest absolute Gasteiger partial charge is 0.221 e. The van der Waals surface area contributed by atoms with E-state index in [1.54, 1.807) is 0 Å². The van der Waals surface area contributed by atoms with E-state index in [2.05, 4.69) is 36.6 Å². The average Bonchev–Trinajstić information content (AvgIpc) is 2.69. The van der Waals surface area contributed by atoms with Crippen molar-refractivity contribution in [2.24, 2.45) is 5.92 Å². The molecule has 3 heterocycles. The first kappa shape index (κ1) is 18.7. The van der Waals surface area contributed by atoms with Gasteiger partial charge in [0.1, 0.15) is 17.7 Å². The van der Waals surface area contributed by atoms with Gasteiger partial charge in [-0.1, -0.05) is 0 Å². The number of amides is 1. The van der Waals surface area contributed by atoms with Gasteiger partial charge in [0.25, 0.3) is 0 Å². The second kappa shape index (κ2) is 9.00. The summed E-state index contributed by atoms with van der Waals surface area (Å²) in [6, 6.07) is 1.94. The highest BCUT2D eigenvalue weighted by molar-refractivity contribution is 5.75. The molecule has 1 saturated heterocycles. The quantitative estimate of drug-likeness (QED) is 0.480. The lowest BCUT2D eigenvalue weighted by Crippen LogP contribution is -2.39. The summed E-state index contributed by atoms with van der Waals surface area (Å²) in [5.41, 5.74) is 1.96. The van der Waals surface area contributed by atoms with Gasteiger partial charge in [-0.05, 0) is 31.8 Å². The summed E-state index contributed by atoms with van der Waals surface area (Å²) in [6.45, 7) is 4.94. The largest absolute Gasteiger partial charge is 0.383 e. The summed E-state index contributed by atoms with van der Waals surface area (Å²) in [5.74, 6) is 1.79. The van der Waals surface area contributed by atoms with Crippen LogP contribution in [0.2, 0.25) is 0 Å². The van der Waals surface area contributed by atoms with Gasteiger partial charge >= 0.3 is 0 Å². The molecule has 0 aliphatic carbocycles. The van der Waals surface area contributed by atoms with Crippen molar-refractivity contribution in [1.82, 2.24) is 31.2 Å². The Morgan fingerprint density at radius 3 is 2.81 bits per heavy atom. The summed E-state index contributed by atoms with van der Waals surface area (Å²) in [6.07, 6.45) is 7.12. The number of hydrogen-bond donors (Lipinski definition) is 5. The average molecular weight is 368 g/mol. The molecule has 5 N–H and O–H groups in total. The van der Waals surface area contributed by atoms with Crippen LogP contribution in [0.25, 0.3) is 0 Å². The van der Waals surface area contributed by atoms with Crippen molar-refractivity contribution in [2.45, 2.75) is 19.8 Å². The minimum Gasteiger partial charge on any atom is -0.383 e. The van der Waals surface area contributed by atoms with Crippen molar-refractivity contribution in [3.8, 4) is 6.07 Å². The molecule has 0 radical (unpaired) electrons. The molecular formula is C18H24N8O. The zero-order valence-electron chi connectivity index (χ0n) is 15.3. The van der Waals surface area contributed by atoms with E-state index >= 15 is 0 Å². The van der Waals surface area contributed by atoms with Crippen LogP contribution in [0, 0.1) is 17.2 Å². The molecule has 1 aromatic heterocycles. The number of rotatable bonds is 6. The molecule has 142 valence electrons. The van der Waals surface area contributed by atoms with E-state index in [0.717, 1.165) is 49.7 Å². The molecule has 0 spiro atoms. The fraction of sp³-hybridized carbons (Fsp3) is 0.444. The van der Waals surface area contributed by atoms with Gasteiger partial charge in [0, 0.05) is 19.5 Å². The van der Waals surface area contributed by atoms with Gasteiger partial charge in [-0.3, -0.25) is 4.79 Å². The maximum Gasteiger partial charge on any atom is 0.221 e. The Morgan fingerprint density at radius 2 is 2.15 bits per heavy atom.